The smallest absolute Gasteiger partial charge is 0.0839 e. The Morgan fingerprint density at radius 2 is 1.47 bits per heavy atom. The van der Waals surface area contributed by atoms with Crippen LogP contribution in [0.15, 0.2) is 24.3 Å². The van der Waals surface area contributed by atoms with Crippen LogP contribution in [-0.2, 0) is 13.7 Å². The summed E-state index contributed by atoms with van der Waals surface area (Å²) >= 11 is 2.29. The van der Waals surface area contributed by atoms with E-state index in [9.17, 15) is 19.8 Å². The fourth-order valence-electron chi connectivity index (χ4n) is 1.46. The van der Waals surface area contributed by atoms with Crippen LogP contribution in [0.1, 0.15) is 18.1 Å². The standard InChI is InChI=1S/C13H16O4S2/c1-9-3-5-10(6-4-9)13(2,18-7-11(14)15)19-8-12(16)17/h3-6H,7-8H2,1-2H3,(H,14,15)(H,16,17)/p-2. The Kier molecular flexibility index (Phi) is 5.75. The number of aliphatic carboxylic acids is 2. The van der Waals surface area contributed by atoms with E-state index in [1.807, 2.05) is 31.2 Å². The first-order valence-electron chi connectivity index (χ1n) is 5.58. The minimum atomic E-state index is -1.17. The van der Waals surface area contributed by atoms with Gasteiger partial charge in [0.15, 0.2) is 0 Å². The van der Waals surface area contributed by atoms with Gasteiger partial charge in [-0.15, -0.1) is 23.5 Å². The molecule has 0 spiro atoms. The highest BCUT2D eigenvalue weighted by molar-refractivity contribution is 8.18. The predicted molar refractivity (Wildman–Crippen MR) is 73.5 cm³/mol. The van der Waals surface area contributed by atoms with Crippen LogP contribution >= 0.6 is 23.5 Å². The van der Waals surface area contributed by atoms with Crippen LogP contribution in [-0.4, -0.2) is 23.4 Å². The predicted octanol–water partition coefficient (Wildman–Crippen LogP) is 0.134. The Morgan fingerprint density at radius 3 is 1.84 bits per heavy atom. The second-order valence-corrected chi connectivity index (χ2v) is 7.18. The van der Waals surface area contributed by atoms with Crippen molar-refractivity contribution in [3.8, 4) is 0 Å². The molecule has 0 bridgehead atoms. The highest BCUT2D eigenvalue weighted by Gasteiger charge is 2.27. The molecule has 0 radical (unpaired) electrons. The molecular formula is C13H14O4S2-2. The van der Waals surface area contributed by atoms with Crippen molar-refractivity contribution >= 4 is 35.5 Å². The van der Waals surface area contributed by atoms with Gasteiger partial charge in [0.25, 0.3) is 0 Å². The molecule has 0 amide bonds. The van der Waals surface area contributed by atoms with Crippen molar-refractivity contribution in [1.29, 1.82) is 0 Å². The molecule has 0 aliphatic rings. The van der Waals surface area contributed by atoms with Gasteiger partial charge in [-0.1, -0.05) is 29.8 Å². The van der Waals surface area contributed by atoms with Crippen molar-refractivity contribution in [3.05, 3.63) is 35.4 Å². The SMILES string of the molecule is Cc1ccc(C(C)(SCC(=O)[O-])SCC(=O)[O-])cc1. The van der Waals surface area contributed by atoms with Crippen LogP contribution in [0.5, 0.6) is 0 Å². The summed E-state index contributed by atoms with van der Waals surface area (Å²) in [6, 6.07) is 7.57. The van der Waals surface area contributed by atoms with Crippen molar-refractivity contribution in [1.82, 2.24) is 0 Å². The zero-order chi connectivity index (χ0) is 14.5. The minimum Gasteiger partial charge on any atom is -0.549 e. The molecule has 0 aromatic heterocycles. The van der Waals surface area contributed by atoms with Crippen LogP contribution in [0.2, 0.25) is 0 Å². The van der Waals surface area contributed by atoms with E-state index in [1.54, 1.807) is 6.92 Å². The van der Waals surface area contributed by atoms with Crippen molar-refractivity contribution in [2.75, 3.05) is 11.5 Å². The summed E-state index contributed by atoms with van der Waals surface area (Å²) in [6.07, 6.45) is 0. The molecule has 4 nitrogen and oxygen atoms in total. The van der Waals surface area contributed by atoms with Gasteiger partial charge in [0.05, 0.1) is 16.0 Å². The molecule has 1 aromatic rings. The average molecular weight is 298 g/mol. The Morgan fingerprint density at radius 1 is 1.05 bits per heavy atom. The van der Waals surface area contributed by atoms with Gasteiger partial charge in [-0.3, -0.25) is 0 Å². The molecule has 0 fully saturated rings. The maximum absolute atomic E-state index is 10.6. The normalized spacial score (nSPS) is 11.3. The van der Waals surface area contributed by atoms with Crippen molar-refractivity contribution in [2.24, 2.45) is 0 Å². The summed E-state index contributed by atoms with van der Waals surface area (Å²) in [5.74, 6) is -2.72. The van der Waals surface area contributed by atoms with Crippen LogP contribution in [0.4, 0.5) is 0 Å². The third-order valence-corrected chi connectivity index (χ3v) is 5.55. The number of carbonyl (C=O) groups excluding carboxylic acids is 2. The second kappa shape index (κ2) is 6.86. The lowest BCUT2D eigenvalue weighted by Crippen LogP contribution is -2.29. The van der Waals surface area contributed by atoms with Gasteiger partial charge in [0.1, 0.15) is 0 Å². The van der Waals surface area contributed by atoms with Crippen molar-refractivity contribution in [3.63, 3.8) is 0 Å². The van der Waals surface area contributed by atoms with E-state index in [-0.39, 0.29) is 11.5 Å². The molecule has 0 atom stereocenters. The maximum Gasteiger partial charge on any atom is 0.0839 e. The average Bonchev–Trinajstić information content (AvgIpc) is 2.35. The number of hydrogen-bond donors (Lipinski definition) is 0. The summed E-state index contributed by atoms with van der Waals surface area (Å²) in [6.45, 7) is 3.75. The fourth-order valence-corrected chi connectivity index (χ4v) is 3.54. The number of carboxylic acid groups (broad SMARTS) is 2. The molecule has 19 heavy (non-hydrogen) atoms. The molecule has 0 aliphatic heterocycles. The van der Waals surface area contributed by atoms with Crippen molar-refractivity contribution < 1.29 is 19.8 Å². The van der Waals surface area contributed by atoms with E-state index in [0.717, 1.165) is 34.7 Å². The molecular weight excluding hydrogens is 284 g/mol. The van der Waals surface area contributed by atoms with E-state index in [1.165, 1.54) is 0 Å². The summed E-state index contributed by atoms with van der Waals surface area (Å²) in [5, 5.41) is 21.2. The number of benzene rings is 1. The van der Waals surface area contributed by atoms with Gasteiger partial charge in [-0.25, -0.2) is 0 Å². The summed E-state index contributed by atoms with van der Waals surface area (Å²) in [7, 11) is 0. The van der Waals surface area contributed by atoms with Gasteiger partial charge in [-0.05, 0) is 19.4 Å². The first kappa shape index (κ1) is 15.9. The molecule has 0 aliphatic carbocycles. The number of rotatable bonds is 7. The van der Waals surface area contributed by atoms with Crippen molar-refractivity contribution in [2.45, 2.75) is 17.9 Å². The Labute approximate surface area is 120 Å². The van der Waals surface area contributed by atoms with Crippen LogP contribution in [0, 0.1) is 6.92 Å². The number of carboxylic acids is 2. The first-order valence-corrected chi connectivity index (χ1v) is 7.55. The lowest BCUT2D eigenvalue weighted by atomic mass is 10.1. The van der Waals surface area contributed by atoms with E-state index >= 15 is 0 Å². The molecule has 0 N–H and O–H groups in total. The number of hydrogen-bond acceptors (Lipinski definition) is 6. The van der Waals surface area contributed by atoms with Gasteiger partial charge < -0.3 is 19.8 Å². The molecule has 1 aromatic carbocycles. The van der Waals surface area contributed by atoms with Crippen LogP contribution < -0.4 is 10.2 Å². The topological polar surface area (TPSA) is 80.3 Å². The second-order valence-electron chi connectivity index (χ2n) is 4.13. The van der Waals surface area contributed by atoms with Crippen LogP contribution in [0.3, 0.4) is 0 Å². The van der Waals surface area contributed by atoms with Gasteiger partial charge in [-0.2, -0.15) is 0 Å². The fraction of sp³-hybridized carbons (Fsp3) is 0.385. The molecule has 0 unspecified atom stereocenters. The molecule has 0 heterocycles. The lowest BCUT2D eigenvalue weighted by molar-refractivity contribution is -0.302. The monoisotopic (exact) mass is 298 g/mol. The zero-order valence-electron chi connectivity index (χ0n) is 10.7. The highest BCUT2D eigenvalue weighted by Crippen LogP contribution is 2.45. The quantitative estimate of drug-likeness (QED) is 0.666. The Bertz CT molecular complexity index is 438. The highest BCUT2D eigenvalue weighted by atomic mass is 32.2. The molecule has 104 valence electrons. The van der Waals surface area contributed by atoms with E-state index < -0.39 is 16.0 Å². The third kappa shape index (κ3) is 5.16. The lowest BCUT2D eigenvalue weighted by Gasteiger charge is -2.29. The minimum absolute atomic E-state index is 0.190. The maximum atomic E-state index is 10.6. The third-order valence-electron chi connectivity index (χ3n) is 2.51. The summed E-state index contributed by atoms with van der Waals surface area (Å²) in [4.78, 5) is 21.2. The van der Waals surface area contributed by atoms with Gasteiger partial charge in [0.2, 0.25) is 0 Å². The van der Waals surface area contributed by atoms with Gasteiger partial charge in [0, 0.05) is 11.5 Å². The molecule has 1 rings (SSSR count). The number of aryl methyl sites for hydroxylation is 1. The van der Waals surface area contributed by atoms with Crippen LogP contribution in [0.25, 0.3) is 0 Å². The molecule has 6 heteroatoms. The molecule has 0 saturated carbocycles. The van der Waals surface area contributed by atoms with Gasteiger partial charge >= 0.3 is 0 Å². The zero-order valence-corrected chi connectivity index (χ0v) is 12.3. The summed E-state index contributed by atoms with van der Waals surface area (Å²) < 4.78 is -0.659. The number of carbonyl (C=O) groups is 2. The first-order chi connectivity index (χ1) is 8.83. The Balaban J connectivity index is 2.92. The van der Waals surface area contributed by atoms with E-state index in [0.29, 0.717) is 0 Å². The Hall–Kier alpha value is -1.14. The summed E-state index contributed by atoms with van der Waals surface area (Å²) in [5.41, 5.74) is 1.96. The van der Waals surface area contributed by atoms with E-state index in [2.05, 4.69) is 0 Å². The largest absolute Gasteiger partial charge is 0.549 e. The van der Waals surface area contributed by atoms with E-state index in [4.69, 9.17) is 0 Å². The molecule has 0 saturated heterocycles. The number of thioether (sulfide) groups is 2.